The van der Waals surface area contributed by atoms with Crippen LogP contribution >= 0.6 is 15.9 Å². The van der Waals surface area contributed by atoms with Crippen molar-refractivity contribution in [3.8, 4) is 5.75 Å². The van der Waals surface area contributed by atoms with E-state index in [1.165, 1.54) is 6.08 Å². The van der Waals surface area contributed by atoms with Crippen molar-refractivity contribution < 1.29 is 14.5 Å². The SMILES string of the molecule is CC/C=C(\C=C/CCOc1ccc(Br)cc1C=O)[N+](=O)[O-]. The Morgan fingerprint density at radius 3 is 2.86 bits per heavy atom. The first kappa shape index (κ1) is 17.1. The molecule has 0 bridgehead atoms. The van der Waals surface area contributed by atoms with Crippen molar-refractivity contribution in [1.82, 2.24) is 0 Å². The standard InChI is InChI=1S/C15H16BrNO4/c1-2-5-14(17(19)20)6-3-4-9-21-15-8-7-13(16)10-12(15)11-18/h3,5-8,10-11H,2,4,9H2,1H3/b6-3-,14-5+. The van der Waals surface area contributed by atoms with Gasteiger partial charge in [-0.15, -0.1) is 0 Å². The maximum Gasteiger partial charge on any atom is 0.265 e. The lowest BCUT2D eigenvalue weighted by molar-refractivity contribution is -0.419. The first-order valence-electron chi connectivity index (χ1n) is 6.47. The third-order valence-corrected chi connectivity index (χ3v) is 3.05. The molecule has 0 saturated carbocycles. The lowest BCUT2D eigenvalue weighted by Crippen LogP contribution is -1.99. The van der Waals surface area contributed by atoms with Crippen LogP contribution in [0, 0.1) is 10.1 Å². The van der Waals surface area contributed by atoms with Crippen LogP contribution in [0.5, 0.6) is 5.75 Å². The Hall–Kier alpha value is -1.95. The molecule has 0 amide bonds. The third-order valence-electron chi connectivity index (χ3n) is 2.55. The van der Waals surface area contributed by atoms with E-state index in [4.69, 9.17) is 4.74 Å². The van der Waals surface area contributed by atoms with Gasteiger partial charge in [0.25, 0.3) is 5.70 Å². The molecule has 0 aliphatic heterocycles. The summed E-state index contributed by atoms with van der Waals surface area (Å²) in [5.41, 5.74) is 0.542. The highest BCUT2D eigenvalue weighted by Crippen LogP contribution is 2.21. The number of ether oxygens (including phenoxy) is 1. The van der Waals surface area contributed by atoms with Crippen molar-refractivity contribution in [2.45, 2.75) is 19.8 Å². The molecule has 1 rings (SSSR count). The van der Waals surface area contributed by atoms with Gasteiger partial charge < -0.3 is 4.74 Å². The highest BCUT2D eigenvalue weighted by atomic mass is 79.9. The number of aldehydes is 1. The van der Waals surface area contributed by atoms with Gasteiger partial charge in [0.05, 0.1) is 17.1 Å². The van der Waals surface area contributed by atoms with E-state index in [0.717, 1.165) is 10.8 Å². The Morgan fingerprint density at radius 2 is 2.24 bits per heavy atom. The predicted molar refractivity (Wildman–Crippen MR) is 84.1 cm³/mol. The van der Waals surface area contributed by atoms with Crippen LogP contribution < -0.4 is 4.74 Å². The molecular weight excluding hydrogens is 338 g/mol. The number of carbonyl (C=O) groups excluding carboxylic acids is 1. The van der Waals surface area contributed by atoms with E-state index in [2.05, 4.69) is 15.9 Å². The normalized spacial score (nSPS) is 11.6. The molecular formula is C15H16BrNO4. The number of carbonyl (C=O) groups is 1. The Balaban J connectivity index is 2.53. The fourth-order valence-corrected chi connectivity index (χ4v) is 1.98. The number of nitrogens with zero attached hydrogens (tertiary/aromatic N) is 1. The Bertz CT molecular complexity index is 567. The molecule has 112 valence electrons. The van der Waals surface area contributed by atoms with E-state index in [9.17, 15) is 14.9 Å². The van der Waals surface area contributed by atoms with Gasteiger partial charge in [0.1, 0.15) is 5.75 Å². The molecule has 0 heterocycles. The van der Waals surface area contributed by atoms with Crippen molar-refractivity contribution in [2.75, 3.05) is 6.61 Å². The molecule has 5 nitrogen and oxygen atoms in total. The van der Waals surface area contributed by atoms with Gasteiger partial charge in [-0.1, -0.05) is 28.9 Å². The average Bonchev–Trinajstić information content (AvgIpc) is 2.46. The molecule has 0 fully saturated rings. The van der Waals surface area contributed by atoms with Crippen molar-refractivity contribution >= 4 is 22.2 Å². The molecule has 1 aromatic carbocycles. The molecule has 0 atom stereocenters. The summed E-state index contributed by atoms with van der Waals surface area (Å²) < 4.78 is 6.30. The molecule has 0 spiro atoms. The Morgan fingerprint density at radius 1 is 1.48 bits per heavy atom. The van der Waals surface area contributed by atoms with Crippen LogP contribution in [0.3, 0.4) is 0 Å². The number of hydrogen-bond donors (Lipinski definition) is 0. The Labute approximate surface area is 131 Å². The topological polar surface area (TPSA) is 69.4 Å². The summed E-state index contributed by atoms with van der Waals surface area (Å²) in [6, 6.07) is 5.16. The average molecular weight is 354 g/mol. The molecule has 0 aromatic heterocycles. The van der Waals surface area contributed by atoms with E-state index in [0.29, 0.717) is 30.8 Å². The minimum Gasteiger partial charge on any atom is -0.493 e. The van der Waals surface area contributed by atoms with Crippen LogP contribution in [0.4, 0.5) is 0 Å². The van der Waals surface area contributed by atoms with Crippen LogP contribution in [-0.4, -0.2) is 17.8 Å². The fraction of sp³-hybridized carbons (Fsp3) is 0.267. The zero-order chi connectivity index (χ0) is 15.7. The van der Waals surface area contributed by atoms with Gasteiger partial charge in [0.2, 0.25) is 0 Å². The highest BCUT2D eigenvalue weighted by Gasteiger charge is 2.04. The third kappa shape index (κ3) is 5.91. The molecule has 0 radical (unpaired) electrons. The Kier molecular flexibility index (Phi) is 7.39. The van der Waals surface area contributed by atoms with Crippen molar-refractivity contribution in [3.63, 3.8) is 0 Å². The van der Waals surface area contributed by atoms with Crippen molar-refractivity contribution in [3.05, 3.63) is 62.3 Å². The largest absolute Gasteiger partial charge is 0.493 e. The maximum atomic E-state index is 10.9. The van der Waals surface area contributed by atoms with Gasteiger partial charge >= 0.3 is 0 Å². The predicted octanol–water partition coefficient (Wildman–Crippen LogP) is 4.16. The highest BCUT2D eigenvalue weighted by molar-refractivity contribution is 9.10. The van der Waals surface area contributed by atoms with Gasteiger partial charge in [-0.05, 0) is 37.1 Å². The van der Waals surface area contributed by atoms with Gasteiger partial charge in [-0.3, -0.25) is 14.9 Å². The molecule has 6 heteroatoms. The van der Waals surface area contributed by atoms with E-state index in [1.807, 2.05) is 6.92 Å². The van der Waals surface area contributed by atoms with Crippen LogP contribution in [-0.2, 0) is 0 Å². The van der Waals surface area contributed by atoms with E-state index < -0.39 is 4.92 Å². The monoisotopic (exact) mass is 353 g/mol. The minimum atomic E-state index is -0.417. The van der Waals surface area contributed by atoms with E-state index in [1.54, 1.807) is 30.4 Å². The summed E-state index contributed by atoms with van der Waals surface area (Å²) in [5.74, 6) is 0.500. The van der Waals surface area contributed by atoms with Gasteiger partial charge in [-0.25, -0.2) is 0 Å². The van der Waals surface area contributed by atoms with Gasteiger partial charge in [0, 0.05) is 10.5 Å². The lowest BCUT2D eigenvalue weighted by Gasteiger charge is -2.07. The molecule has 0 aliphatic carbocycles. The fourth-order valence-electron chi connectivity index (χ4n) is 1.60. The van der Waals surface area contributed by atoms with Crippen LogP contribution in [0.25, 0.3) is 0 Å². The minimum absolute atomic E-state index is 0.0784. The first-order chi connectivity index (χ1) is 10.1. The van der Waals surface area contributed by atoms with Crippen LogP contribution in [0.2, 0.25) is 0 Å². The second-order valence-electron chi connectivity index (χ2n) is 4.13. The van der Waals surface area contributed by atoms with Crippen LogP contribution in [0.15, 0.2) is 46.6 Å². The maximum absolute atomic E-state index is 10.9. The number of rotatable bonds is 8. The number of benzene rings is 1. The number of hydrogen-bond acceptors (Lipinski definition) is 4. The quantitative estimate of drug-likeness (QED) is 0.231. The van der Waals surface area contributed by atoms with Crippen molar-refractivity contribution in [1.29, 1.82) is 0 Å². The van der Waals surface area contributed by atoms with E-state index >= 15 is 0 Å². The van der Waals surface area contributed by atoms with Crippen LogP contribution in [0.1, 0.15) is 30.1 Å². The van der Waals surface area contributed by atoms with E-state index in [-0.39, 0.29) is 5.70 Å². The molecule has 0 aliphatic rings. The molecule has 0 unspecified atom stereocenters. The van der Waals surface area contributed by atoms with Gasteiger partial charge in [0.15, 0.2) is 6.29 Å². The zero-order valence-corrected chi connectivity index (χ0v) is 13.2. The molecule has 1 aromatic rings. The number of allylic oxidation sites excluding steroid dienone is 2. The van der Waals surface area contributed by atoms with Crippen molar-refractivity contribution in [2.24, 2.45) is 0 Å². The second kappa shape index (κ2) is 9.07. The summed E-state index contributed by atoms with van der Waals surface area (Å²) in [6.45, 7) is 2.19. The summed E-state index contributed by atoms with van der Waals surface area (Å²) in [7, 11) is 0. The molecule has 21 heavy (non-hydrogen) atoms. The summed E-state index contributed by atoms with van der Waals surface area (Å²) in [4.78, 5) is 21.2. The smallest absolute Gasteiger partial charge is 0.265 e. The lowest BCUT2D eigenvalue weighted by atomic mass is 10.2. The summed E-state index contributed by atoms with van der Waals surface area (Å²) in [6.07, 6.45) is 6.56. The number of halogens is 1. The summed E-state index contributed by atoms with van der Waals surface area (Å²) in [5, 5.41) is 10.7. The first-order valence-corrected chi connectivity index (χ1v) is 7.26. The zero-order valence-electron chi connectivity index (χ0n) is 11.6. The number of nitro groups is 1. The summed E-state index contributed by atoms with van der Waals surface area (Å²) >= 11 is 3.28. The molecule has 0 N–H and O–H groups in total. The molecule has 0 saturated heterocycles. The van der Waals surface area contributed by atoms with Gasteiger partial charge in [-0.2, -0.15) is 0 Å². The second-order valence-corrected chi connectivity index (χ2v) is 5.05.